The van der Waals surface area contributed by atoms with Crippen LogP contribution in [0.3, 0.4) is 0 Å². The molecule has 3 N–H and O–H groups in total. The Hall–Kier alpha value is -1.78. The normalized spacial score (nSPS) is 14.9. The fourth-order valence-corrected chi connectivity index (χ4v) is 2.74. The summed E-state index contributed by atoms with van der Waals surface area (Å²) in [6, 6.07) is 8.46. The molecule has 4 heteroatoms. The van der Waals surface area contributed by atoms with E-state index in [1.54, 1.807) is 6.26 Å². The molecule has 0 saturated carbocycles. The van der Waals surface area contributed by atoms with Crippen LogP contribution < -0.4 is 16.0 Å². The zero-order valence-corrected chi connectivity index (χ0v) is 11.7. The molecule has 0 radical (unpaired) electrons. The molecule has 2 aromatic rings. The van der Waals surface area contributed by atoms with E-state index in [0.717, 1.165) is 42.9 Å². The lowest BCUT2D eigenvalue weighted by Gasteiger charge is -2.14. The second kappa shape index (κ2) is 5.69. The number of aryl methyl sites for hydroxylation is 2. The first-order valence-electron chi connectivity index (χ1n) is 7.02. The van der Waals surface area contributed by atoms with Crippen LogP contribution in [0.5, 0.6) is 5.75 Å². The van der Waals surface area contributed by atoms with Gasteiger partial charge in [0, 0.05) is 6.42 Å². The van der Waals surface area contributed by atoms with Gasteiger partial charge in [-0.25, -0.2) is 5.43 Å². The molecule has 20 heavy (non-hydrogen) atoms. The molecular formula is C16H20N2O2. The number of ether oxygens (including phenoxy) is 1. The molecule has 1 aromatic heterocycles. The third-order valence-electron chi connectivity index (χ3n) is 3.89. The van der Waals surface area contributed by atoms with E-state index in [2.05, 4.69) is 23.6 Å². The van der Waals surface area contributed by atoms with Gasteiger partial charge in [0.25, 0.3) is 0 Å². The fraction of sp³-hybridized carbons (Fsp3) is 0.375. The number of hydrogen-bond acceptors (Lipinski definition) is 4. The van der Waals surface area contributed by atoms with Gasteiger partial charge < -0.3 is 9.15 Å². The predicted octanol–water partition coefficient (Wildman–Crippen LogP) is 2.66. The number of benzene rings is 1. The molecule has 1 aliphatic heterocycles. The maximum Gasteiger partial charge on any atom is 0.124 e. The molecule has 1 atom stereocenters. The van der Waals surface area contributed by atoms with Crippen molar-refractivity contribution in [2.45, 2.75) is 32.2 Å². The Morgan fingerprint density at radius 1 is 1.35 bits per heavy atom. The first-order valence-corrected chi connectivity index (χ1v) is 7.02. The van der Waals surface area contributed by atoms with Gasteiger partial charge in [-0.3, -0.25) is 5.84 Å². The van der Waals surface area contributed by atoms with E-state index in [1.165, 1.54) is 11.1 Å². The van der Waals surface area contributed by atoms with Gasteiger partial charge in [0.1, 0.15) is 11.5 Å². The summed E-state index contributed by atoms with van der Waals surface area (Å²) in [5, 5.41) is 0. The van der Waals surface area contributed by atoms with Gasteiger partial charge in [-0.1, -0.05) is 12.1 Å². The molecule has 106 valence electrons. The highest BCUT2D eigenvalue weighted by molar-refractivity contribution is 5.39. The Kier molecular flexibility index (Phi) is 3.76. The molecular weight excluding hydrogens is 252 g/mol. The third kappa shape index (κ3) is 2.57. The van der Waals surface area contributed by atoms with Crippen molar-refractivity contribution in [2.24, 2.45) is 5.84 Å². The summed E-state index contributed by atoms with van der Waals surface area (Å²) in [6.45, 7) is 2.84. The SMILES string of the molecule is Cc1ccoc1C(CCc1ccc2c(c1)CCO2)NN. The van der Waals surface area contributed by atoms with Crippen molar-refractivity contribution < 1.29 is 9.15 Å². The largest absolute Gasteiger partial charge is 0.493 e. The molecule has 0 bridgehead atoms. The second-order valence-electron chi connectivity index (χ2n) is 5.27. The molecule has 1 aromatic carbocycles. The highest BCUT2D eigenvalue weighted by atomic mass is 16.5. The van der Waals surface area contributed by atoms with Crippen molar-refractivity contribution >= 4 is 0 Å². The molecule has 1 unspecified atom stereocenters. The number of hydrogen-bond donors (Lipinski definition) is 2. The van der Waals surface area contributed by atoms with E-state index in [0.29, 0.717) is 0 Å². The van der Waals surface area contributed by atoms with E-state index in [4.69, 9.17) is 15.0 Å². The lowest BCUT2D eigenvalue weighted by atomic mass is 10.00. The summed E-state index contributed by atoms with van der Waals surface area (Å²) >= 11 is 0. The highest BCUT2D eigenvalue weighted by Crippen LogP contribution is 2.28. The summed E-state index contributed by atoms with van der Waals surface area (Å²) in [6.07, 6.45) is 4.59. The molecule has 0 amide bonds. The minimum atomic E-state index is 0.0505. The Balaban J connectivity index is 1.68. The van der Waals surface area contributed by atoms with Gasteiger partial charge in [0.15, 0.2) is 0 Å². The van der Waals surface area contributed by atoms with E-state index in [9.17, 15) is 0 Å². The van der Waals surface area contributed by atoms with E-state index < -0.39 is 0 Å². The fourth-order valence-electron chi connectivity index (χ4n) is 2.74. The van der Waals surface area contributed by atoms with Crippen molar-refractivity contribution in [1.29, 1.82) is 0 Å². The van der Waals surface area contributed by atoms with E-state index in [1.807, 2.05) is 13.0 Å². The number of hydrazine groups is 1. The van der Waals surface area contributed by atoms with Crippen LogP contribution in [0.25, 0.3) is 0 Å². The van der Waals surface area contributed by atoms with Gasteiger partial charge in [0.2, 0.25) is 0 Å². The zero-order chi connectivity index (χ0) is 13.9. The zero-order valence-electron chi connectivity index (χ0n) is 11.7. The summed E-state index contributed by atoms with van der Waals surface area (Å²) in [5.74, 6) is 7.62. The average molecular weight is 272 g/mol. The van der Waals surface area contributed by atoms with Gasteiger partial charge in [-0.2, -0.15) is 0 Å². The standard InChI is InChI=1S/C16H20N2O2/c1-11-6-8-20-16(11)14(18-17)4-2-12-3-5-15-13(10-12)7-9-19-15/h3,5-6,8,10,14,18H,2,4,7,9,17H2,1H3. The van der Waals surface area contributed by atoms with Crippen LogP contribution in [0.4, 0.5) is 0 Å². The van der Waals surface area contributed by atoms with Gasteiger partial charge >= 0.3 is 0 Å². The first kappa shape index (κ1) is 13.2. The van der Waals surface area contributed by atoms with E-state index >= 15 is 0 Å². The van der Waals surface area contributed by atoms with Crippen LogP contribution in [-0.4, -0.2) is 6.61 Å². The minimum absolute atomic E-state index is 0.0505. The van der Waals surface area contributed by atoms with Crippen LogP contribution in [0, 0.1) is 6.92 Å². The summed E-state index contributed by atoms with van der Waals surface area (Å²) < 4.78 is 11.0. The van der Waals surface area contributed by atoms with Gasteiger partial charge in [-0.05, 0) is 48.6 Å². The molecule has 1 aliphatic rings. The van der Waals surface area contributed by atoms with Crippen LogP contribution in [0.2, 0.25) is 0 Å². The van der Waals surface area contributed by atoms with Crippen LogP contribution >= 0.6 is 0 Å². The Bertz CT molecular complexity index is 592. The van der Waals surface area contributed by atoms with Crippen LogP contribution in [0.1, 0.15) is 34.9 Å². The van der Waals surface area contributed by atoms with Gasteiger partial charge in [0.05, 0.1) is 18.9 Å². The molecule has 0 fully saturated rings. The van der Waals surface area contributed by atoms with Crippen molar-refractivity contribution in [1.82, 2.24) is 5.43 Å². The summed E-state index contributed by atoms with van der Waals surface area (Å²) in [7, 11) is 0. The number of nitrogens with two attached hydrogens (primary N) is 1. The Labute approximate surface area is 118 Å². The molecule has 4 nitrogen and oxygen atoms in total. The number of rotatable bonds is 5. The Morgan fingerprint density at radius 3 is 3.00 bits per heavy atom. The molecule has 0 aliphatic carbocycles. The second-order valence-corrected chi connectivity index (χ2v) is 5.27. The smallest absolute Gasteiger partial charge is 0.124 e. The first-order chi connectivity index (χ1) is 9.78. The quantitative estimate of drug-likeness (QED) is 0.649. The molecule has 0 saturated heterocycles. The van der Waals surface area contributed by atoms with Crippen molar-refractivity contribution in [2.75, 3.05) is 6.61 Å². The Morgan fingerprint density at radius 2 is 2.25 bits per heavy atom. The summed E-state index contributed by atoms with van der Waals surface area (Å²) in [5.41, 5.74) is 6.62. The summed E-state index contributed by atoms with van der Waals surface area (Å²) in [4.78, 5) is 0. The van der Waals surface area contributed by atoms with Crippen LogP contribution in [0.15, 0.2) is 34.9 Å². The molecule has 0 spiro atoms. The number of furan rings is 1. The number of fused-ring (bicyclic) bond motifs is 1. The highest BCUT2D eigenvalue weighted by Gasteiger charge is 2.17. The average Bonchev–Trinajstić information content (AvgIpc) is 3.08. The lowest BCUT2D eigenvalue weighted by Crippen LogP contribution is -2.28. The monoisotopic (exact) mass is 272 g/mol. The van der Waals surface area contributed by atoms with Gasteiger partial charge in [-0.15, -0.1) is 0 Å². The molecule has 3 rings (SSSR count). The minimum Gasteiger partial charge on any atom is -0.493 e. The van der Waals surface area contributed by atoms with Crippen molar-refractivity contribution in [3.63, 3.8) is 0 Å². The number of nitrogens with one attached hydrogen (secondary N) is 1. The maximum atomic E-state index is 5.66. The topological polar surface area (TPSA) is 60.4 Å². The predicted molar refractivity (Wildman–Crippen MR) is 77.5 cm³/mol. The maximum absolute atomic E-state index is 5.66. The van der Waals surface area contributed by atoms with Crippen LogP contribution in [-0.2, 0) is 12.8 Å². The molecule has 2 heterocycles. The van der Waals surface area contributed by atoms with E-state index in [-0.39, 0.29) is 6.04 Å². The third-order valence-corrected chi connectivity index (χ3v) is 3.89. The van der Waals surface area contributed by atoms with Crippen molar-refractivity contribution in [3.8, 4) is 5.75 Å². The van der Waals surface area contributed by atoms with Crippen molar-refractivity contribution in [3.05, 3.63) is 53.0 Å². The lowest BCUT2D eigenvalue weighted by molar-refractivity contribution is 0.356.